The van der Waals surface area contributed by atoms with Crippen molar-refractivity contribution >= 4 is 18.0 Å². The zero-order valence-corrected chi connectivity index (χ0v) is 15.7. The number of rotatable bonds is 10. The molecule has 0 saturated carbocycles. The van der Waals surface area contributed by atoms with Gasteiger partial charge < -0.3 is 14.4 Å². The highest BCUT2D eigenvalue weighted by Crippen LogP contribution is 2.06. The highest BCUT2D eigenvalue weighted by atomic mass is 16.5. The van der Waals surface area contributed by atoms with Crippen molar-refractivity contribution in [2.24, 2.45) is 0 Å². The fraction of sp³-hybridized carbons (Fsp3) is 0.500. The number of ether oxygens (including phenoxy) is 2. The molecular weight excluding hydrogens is 318 g/mol. The van der Waals surface area contributed by atoms with Gasteiger partial charge in [-0.2, -0.15) is 0 Å². The van der Waals surface area contributed by atoms with E-state index in [0.29, 0.717) is 19.7 Å². The van der Waals surface area contributed by atoms with E-state index in [9.17, 15) is 9.59 Å². The number of hydrogen-bond acceptors (Lipinski definition) is 4. The molecule has 0 aliphatic heterocycles. The Labute approximate surface area is 150 Å². The van der Waals surface area contributed by atoms with E-state index < -0.39 is 0 Å². The molecule has 0 N–H and O–H groups in total. The SMILES string of the molecule is COC(=O)CCN(CCCOC(C)C)C(=O)/C=C/c1ccc(C)cc1. The highest BCUT2D eigenvalue weighted by Gasteiger charge is 2.13. The van der Waals surface area contributed by atoms with Gasteiger partial charge in [0, 0.05) is 25.8 Å². The van der Waals surface area contributed by atoms with Gasteiger partial charge in [0.1, 0.15) is 0 Å². The third-order valence-electron chi connectivity index (χ3n) is 3.64. The van der Waals surface area contributed by atoms with Crippen LogP contribution in [0.2, 0.25) is 0 Å². The lowest BCUT2D eigenvalue weighted by atomic mass is 10.1. The fourth-order valence-electron chi connectivity index (χ4n) is 2.19. The number of hydrogen-bond donors (Lipinski definition) is 0. The first-order chi connectivity index (χ1) is 11.9. The van der Waals surface area contributed by atoms with Gasteiger partial charge in [-0.05, 0) is 38.8 Å². The topological polar surface area (TPSA) is 55.8 Å². The first-order valence-corrected chi connectivity index (χ1v) is 8.64. The maximum Gasteiger partial charge on any atom is 0.307 e. The zero-order valence-electron chi connectivity index (χ0n) is 15.7. The van der Waals surface area contributed by atoms with Crippen LogP contribution in [0.4, 0.5) is 0 Å². The van der Waals surface area contributed by atoms with E-state index in [4.69, 9.17) is 4.74 Å². The predicted molar refractivity (Wildman–Crippen MR) is 99.1 cm³/mol. The van der Waals surface area contributed by atoms with E-state index in [1.165, 1.54) is 12.7 Å². The van der Waals surface area contributed by atoms with Crippen molar-refractivity contribution < 1.29 is 19.1 Å². The highest BCUT2D eigenvalue weighted by molar-refractivity contribution is 5.92. The number of methoxy groups -OCH3 is 1. The van der Waals surface area contributed by atoms with Crippen LogP contribution in [0.3, 0.4) is 0 Å². The molecule has 0 aliphatic carbocycles. The van der Waals surface area contributed by atoms with E-state index in [1.54, 1.807) is 17.1 Å². The van der Waals surface area contributed by atoms with Crippen molar-refractivity contribution in [1.82, 2.24) is 4.90 Å². The van der Waals surface area contributed by atoms with Crippen molar-refractivity contribution in [2.45, 2.75) is 39.7 Å². The maximum absolute atomic E-state index is 12.5. The first-order valence-electron chi connectivity index (χ1n) is 8.64. The molecule has 1 amide bonds. The van der Waals surface area contributed by atoms with Gasteiger partial charge in [-0.3, -0.25) is 9.59 Å². The minimum Gasteiger partial charge on any atom is -0.469 e. The monoisotopic (exact) mass is 347 g/mol. The van der Waals surface area contributed by atoms with E-state index in [2.05, 4.69) is 4.74 Å². The number of amides is 1. The van der Waals surface area contributed by atoms with Crippen LogP contribution in [0, 0.1) is 6.92 Å². The van der Waals surface area contributed by atoms with Gasteiger partial charge in [0.05, 0.1) is 19.6 Å². The molecule has 5 heteroatoms. The summed E-state index contributed by atoms with van der Waals surface area (Å²) in [6, 6.07) is 7.94. The smallest absolute Gasteiger partial charge is 0.307 e. The van der Waals surface area contributed by atoms with E-state index in [-0.39, 0.29) is 24.4 Å². The maximum atomic E-state index is 12.5. The molecule has 0 fully saturated rings. The Morgan fingerprint density at radius 2 is 1.84 bits per heavy atom. The molecule has 0 atom stereocenters. The molecule has 0 saturated heterocycles. The van der Waals surface area contributed by atoms with E-state index >= 15 is 0 Å². The molecule has 0 spiro atoms. The second kappa shape index (κ2) is 11.4. The Balaban J connectivity index is 2.62. The average molecular weight is 347 g/mol. The summed E-state index contributed by atoms with van der Waals surface area (Å²) < 4.78 is 10.2. The Morgan fingerprint density at radius 3 is 2.44 bits per heavy atom. The molecule has 0 aromatic heterocycles. The minimum atomic E-state index is -0.321. The summed E-state index contributed by atoms with van der Waals surface area (Å²) in [5.41, 5.74) is 2.14. The lowest BCUT2D eigenvalue weighted by Crippen LogP contribution is -2.33. The summed E-state index contributed by atoms with van der Waals surface area (Å²) in [6.07, 6.45) is 4.42. The van der Waals surface area contributed by atoms with E-state index in [1.807, 2.05) is 45.0 Å². The van der Waals surface area contributed by atoms with Gasteiger partial charge in [-0.15, -0.1) is 0 Å². The van der Waals surface area contributed by atoms with Crippen molar-refractivity contribution in [3.8, 4) is 0 Å². The number of esters is 1. The summed E-state index contributed by atoms with van der Waals surface area (Å²) in [5.74, 6) is -0.437. The summed E-state index contributed by atoms with van der Waals surface area (Å²) in [5, 5.41) is 0. The number of aryl methyl sites for hydroxylation is 1. The number of carbonyl (C=O) groups excluding carboxylic acids is 2. The number of nitrogens with zero attached hydrogens (tertiary/aromatic N) is 1. The van der Waals surface area contributed by atoms with Gasteiger partial charge in [0.15, 0.2) is 0 Å². The first kappa shape index (κ1) is 20.9. The largest absolute Gasteiger partial charge is 0.469 e. The molecular formula is C20H29NO4. The van der Waals surface area contributed by atoms with Gasteiger partial charge in [-0.25, -0.2) is 0 Å². The van der Waals surface area contributed by atoms with Crippen molar-refractivity contribution in [3.05, 3.63) is 41.5 Å². The molecule has 1 aromatic rings. The number of benzene rings is 1. The molecule has 25 heavy (non-hydrogen) atoms. The van der Waals surface area contributed by atoms with Crippen LogP contribution in [0.5, 0.6) is 0 Å². The van der Waals surface area contributed by atoms with Crippen LogP contribution in [-0.4, -0.2) is 49.7 Å². The van der Waals surface area contributed by atoms with Crippen molar-refractivity contribution in [1.29, 1.82) is 0 Å². The van der Waals surface area contributed by atoms with Crippen LogP contribution in [0.25, 0.3) is 6.08 Å². The summed E-state index contributed by atoms with van der Waals surface area (Å²) in [6.45, 7) is 7.44. The third-order valence-corrected chi connectivity index (χ3v) is 3.64. The van der Waals surface area contributed by atoms with Crippen LogP contribution in [0.1, 0.15) is 37.8 Å². The normalized spacial score (nSPS) is 11.1. The third kappa shape index (κ3) is 9.05. The Morgan fingerprint density at radius 1 is 1.16 bits per heavy atom. The van der Waals surface area contributed by atoms with Crippen LogP contribution in [0.15, 0.2) is 30.3 Å². The molecule has 0 aliphatic rings. The van der Waals surface area contributed by atoms with Gasteiger partial charge in [0.2, 0.25) is 5.91 Å². The Hall–Kier alpha value is -2.14. The lowest BCUT2D eigenvalue weighted by Gasteiger charge is -2.21. The molecule has 0 bridgehead atoms. The summed E-state index contributed by atoms with van der Waals surface area (Å²) >= 11 is 0. The summed E-state index contributed by atoms with van der Waals surface area (Å²) in [7, 11) is 1.35. The molecule has 1 rings (SSSR count). The molecule has 0 heterocycles. The zero-order chi connectivity index (χ0) is 18.7. The molecule has 5 nitrogen and oxygen atoms in total. The van der Waals surface area contributed by atoms with E-state index in [0.717, 1.165) is 12.0 Å². The quantitative estimate of drug-likeness (QED) is 0.370. The van der Waals surface area contributed by atoms with Crippen LogP contribution in [-0.2, 0) is 19.1 Å². The second-order valence-electron chi connectivity index (χ2n) is 6.17. The van der Waals surface area contributed by atoms with Crippen molar-refractivity contribution in [2.75, 3.05) is 26.8 Å². The second-order valence-corrected chi connectivity index (χ2v) is 6.17. The standard InChI is InChI=1S/C20H29NO4/c1-16(2)25-15-5-13-21(14-12-20(23)24-4)19(22)11-10-18-8-6-17(3)7-9-18/h6-11,16H,5,12-15H2,1-4H3/b11-10+. The fourth-order valence-corrected chi connectivity index (χ4v) is 2.19. The molecule has 0 radical (unpaired) electrons. The minimum absolute atomic E-state index is 0.117. The molecule has 0 unspecified atom stereocenters. The molecule has 1 aromatic carbocycles. The van der Waals surface area contributed by atoms with Crippen LogP contribution >= 0.6 is 0 Å². The average Bonchev–Trinajstić information content (AvgIpc) is 2.59. The van der Waals surface area contributed by atoms with Gasteiger partial charge in [0.25, 0.3) is 0 Å². The Bertz CT molecular complexity index is 564. The van der Waals surface area contributed by atoms with Gasteiger partial charge in [-0.1, -0.05) is 29.8 Å². The van der Waals surface area contributed by atoms with Gasteiger partial charge >= 0.3 is 5.97 Å². The Kier molecular flexibility index (Phi) is 9.55. The summed E-state index contributed by atoms with van der Waals surface area (Å²) in [4.78, 5) is 25.5. The predicted octanol–water partition coefficient (Wildman–Crippen LogP) is 3.22. The lowest BCUT2D eigenvalue weighted by molar-refractivity contribution is -0.141. The van der Waals surface area contributed by atoms with Crippen molar-refractivity contribution in [3.63, 3.8) is 0 Å². The molecule has 138 valence electrons. The number of carbonyl (C=O) groups is 2. The van der Waals surface area contributed by atoms with Crippen LogP contribution < -0.4 is 0 Å².